The zero-order valence-corrected chi connectivity index (χ0v) is 16.9. The Morgan fingerprint density at radius 1 is 1.00 bits per heavy atom. The predicted molar refractivity (Wildman–Crippen MR) is 115 cm³/mol. The molecule has 0 saturated carbocycles. The maximum absolute atomic E-state index is 12.5. The van der Waals surface area contributed by atoms with Crippen LogP contribution in [-0.2, 0) is 11.3 Å². The van der Waals surface area contributed by atoms with Crippen LogP contribution in [0.3, 0.4) is 0 Å². The molecule has 0 spiro atoms. The molecule has 0 radical (unpaired) electrons. The molecular weight excluding hydrogens is 384 g/mol. The molecular formula is C22H20N4O2S. The molecule has 29 heavy (non-hydrogen) atoms. The summed E-state index contributed by atoms with van der Waals surface area (Å²) in [6.07, 6.45) is 0. The second kappa shape index (κ2) is 7.89. The smallest absolute Gasteiger partial charge is 0.281 e. The number of nitrogens with one attached hydrogen (secondary N) is 2. The molecule has 2 aromatic heterocycles. The van der Waals surface area contributed by atoms with E-state index in [4.69, 9.17) is 0 Å². The third-order valence-electron chi connectivity index (χ3n) is 4.66. The van der Waals surface area contributed by atoms with Crippen LogP contribution in [0.1, 0.15) is 21.1 Å². The number of rotatable bonds is 4. The van der Waals surface area contributed by atoms with Gasteiger partial charge in [0.25, 0.3) is 11.8 Å². The number of fused-ring (bicyclic) bond motifs is 1. The number of hydrazine groups is 1. The molecule has 0 bridgehead atoms. The SMILES string of the molecule is Cc1nc(-c2ccccc2)sc1C(=O)NNC(=O)Cn1c(C)cc2ccccc21. The number of aryl methyl sites for hydroxylation is 2. The van der Waals surface area contributed by atoms with E-state index in [1.807, 2.05) is 72.2 Å². The van der Waals surface area contributed by atoms with E-state index in [0.717, 1.165) is 27.2 Å². The molecule has 0 unspecified atom stereocenters. The summed E-state index contributed by atoms with van der Waals surface area (Å²) < 4.78 is 1.92. The van der Waals surface area contributed by atoms with Gasteiger partial charge in [-0.05, 0) is 31.4 Å². The quantitative estimate of drug-likeness (QED) is 0.508. The van der Waals surface area contributed by atoms with Gasteiger partial charge >= 0.3 is 0 Å². The van der Waals surface area contributed by atoms with Crippen molar-refractivity contribution in [3.63, 3.8) is 0 Å². The zero-order valence-electron chi connectivity index (χ0n) is 16.1. The Balaban J connectivity index is 1.43. The minimum absolute atomic E-state index is 0.122. The Kier molecular flexibility index (Phi) is 5.14. The van der Waals surface area contributed by atoms with Gasteiger partial charge in [0.05, 0.1) is 5.69 Å². The van der Waals surface area contributed by atoms with Gasteiger partial charge in [0.1, 0.15) is 16.4 Å². The van der Waals surface area contributed by atoms with E-state index in [1.54, 1.807) is 6.92 Å². The average Bonchev–Trinajstić information content (AvgIpc) is 3.27. The molecule has 2 amide bonds. The van der Waals surface area contributed by atoms with E-state index in [1.165, 1.54) is 11.3 Å². The van der Waals surface area contributed by atoms with Gasteiger partial charge in [-0.15, -0.1) is 11.3 Å². The number of amides is 2. The monoisotopic (exact) mass is 404 g/mol. The lowest BCUT2D eigenvalue weighted by atomic mass is 10.2. The summed E-state index contributed by atoms with van der Waals surface area (Å²) in [6, 6.07) is 19.6. The number of hydrogen-bond acceptors (Lipinski definition) is 4. The van der Waals surface area contributed by atoms with Gasteiger partial charge in [-0.3, -0.25) is 20.4 Å². The third-order valence-corrected chi connectivity index (χ3v) is 5.86. The molecule has 2 heterocycles. The Bertz CT molecular complexity index is 1190. The molecule has 146 valence electrons. The van der Waals surface area contributed by atoms with Gasteiger partial charge in [-0.1, -0.05) is 48.5 Å². The van der Waals surface area contributed by atoms with Crippen LogP contribution in [0, 0.1) is 13.8 Å². The van der Waals surface area contributed by atoms with Crippen molar-refractivity contribution in [2.75, 3.05) is 0 Å². The van der Waals surface area contributed by atoms with Crippen LogP contribution in [0.15, 0.2) is 60.7 Å². The fourth-order valence-electron chi connectivity index (χ4n) is 3.24. The van der Waals surface area contributed by atoms with Gasteiger partial charge in [0, 0.05) is 16.8 Å². The summed E-state index contributed by atoms with van der Waals surface area (Å²) in [4.78, 5) is 29.9. The van der Waals surface area contributed by atoms with Crippen molar-refractivity contribution in [3.05, 3.63) is 76.9 Å². The minimum atomic E-state index is -0.371. The van der Waals surface area contributed by atoms with Crippen molar-refractivity contribution in [2.24, 2.45) is 0 Å². The summed E-state index contributed by atoms with van der Waals surface area (Å²) >= 11 is 1.30. The van der Waals surface area contributed by atoms with Crippen molar-refractivity contribution in [1.29, 1.82) is 0 Å². The number of benzene rings is 2. The van der Waals surface area contributed by atoms with Gasteiger partial charge < -0.3 is 4.57 Å². The van der Waals surface area contributed by atoms with Crippen LogP contribution in [0.2, 0.25) is 0 Å². The Labute approximate surface area is 172 Å². The van der Waals surface area contributed by atoms with Crippen molar-refractivity contribution in [1.82, 2.24) is 20.4 Å². The maximum atomic E-state index is 12.5. The highest BCUT2D eigenvalue weighted by atomic mass is 32.1. The normalized spacial score (nSPS) is 10.8. The molecule has 0 fully saturated rings. The van der Waals surface area contributed by atoms with E-state index >= 15 is 0 Å². The van der Waals surface area contributed by atoms with Crippen LogP contribution in [-0.4, -0.2) is 21.4 Å². The molecule has 7 heteroatoms. The highest BCUT2D eigenvalue weighted by Crippen LogP contribution is 2.27. The van der Waals surface area contributed by atoms with Crippen molar-refractivity contribution < 1.29 is 9.59 Å². The highest BCUT2D eigenvalue weighted by molar-refractivity contribution is 7.17. The first kappa shape index (κ1) is 18.9. The van der Waals surface area contributed by atoms with Crippen molar-refractivity contribution in [2.45, 2.75) is 20.4 Å². The van der Waals surface area contributed by atoms with E-state index in [2.05, 4.69) is 15.8 Å². The van der Waals surface area contributed by atoms with Crippen LogP contribution in [0.5, 0.6) is 0 Å². The number of carbonyl (C=O) groups excluding carboxylic acids is 2. The lowest BCUT2D eigenvalue weighted by Crippen LogP contribution is -2.43. The highest BCUT2D eigenvalue weighted by Gasteiger charge is 2.17. The Hall–Kier alpha value is -3.45. The number of hydrogen-bond donors (Lipinski definition) is 2. The second-order valence-corrected chi connectivity index (χ2v) is 7.73. The van der Waals surface area contributed by atoms with Gasteiger partial charge in [0.2, 0.25) is 0 Å². The topological polar surface area (TPSA) is 76.0 Å². The Morgan fingerprint density at radius 3 is 2.52 bits per heavy atom. The first-order valence-corrected chi connectivity index (χ1v) is 10.0. The average molecular weight is 404 g/mol. The van der Waals surface area contributed by atoms with Gasteiger partial charge in [0.15, 0.2) is 0 Å². The predicted octanol–water partition coefficient (Wildman–Crippen LogP) is 3.84. The summed E-state index contributed by atoms with van der Waals surface area (Å²) in [6.45, 7) is 3.86. The third kappa shape index (κ3) is 3.90. The molecule has 0 atom stereocenters. The van der Waals surface area contributed by atoms with Gasteiger partial charge in [-0.25, -0.2) is 4.98 Å². The van der Waals surface area contributed by atoms with Gasteiger partial charge in [-0.2, -0.15) is 0 Å². The minimum Gasteiger partial charge on any atom is -0.335 e. The van der Waals surface area contributed by atoms with E-state index < -0.39 is 0 Å². The first-order valence-electron chi connectivity index (χ1n) is 9.20. The van der Waals surface area contributed by atoms with E-state index in [0.29, 0.717) is 10.6 Å². The second-order valence-electron chi connectivity index (χ2n) is 6.73. The number of nitrogens with zero attached hydrogens (tertiary/aromatic N) is 2. The summed E-state index contributed by atoms with van der Waals surface area (Å²) in [5.74, 6) is -0.669. The van der Waals surface area contributed by atoms with E-state index in [-0.39, 0.29) is 18.4 Å². The summed E-state index contributed by atoms with van der Waals surface area (Å²) in [5.41, 5.74) is 8.57. The molecule has 0 aliphatic rings. The molecule has 4 aromatic rings. The van der Waals surface area contributed by atoms with Crippen LogP contribution >= 0.6 is 11.3 Å². The fraction of sp³-hybridized carbons (Fsp3) is 0.136. The largest absolute Gasteiger partial charge is 0.335 e. The molecule has 2 N–H and O–H groups in total. The fourth-order valence-corrected chi connectivity index (χ4v) is 4.20. The standard InChI is InChI=1S/C22H20N4O2S/c1-14-12-17-10-6-7-11-18(17)26(14)13-19(27)24-25-21(28)20-15(2)23-22(29-20)16-8-4-3-5-9-16/h3-12H,13H2,1-2H3,(H,24,27)(H,25,28). The molecule has 6 nitrogen and oxygen atoms in total. The lowest BCUT2D eigenvalue weighted by molar-refractivity contribution is -0.122. The zero-order chi connectivity index (χ0) is 20.4. The van der Waals surface area contributed by atoms with Crippen molar-refractivity contribution in [3.8, 4) is 10.6 Å². The summed E-state index contributed by atoms with van der Waals surface area (Å²) in [5, 5.41) is 1.85. The molecule has 2 aromatic carbocycles. The summed E-state index contributed by atoms with van der Waals surface area (Å²) in [7, 11) is 0. The Morgan fingerprint density at radius 2 is 1.72 bits per heavy atom. The van der Waals surface area contributed by atoms with Crippen LogP contribution in [0.25, 0.3) is 21.5 Å². The maximum Gasteiger partial charge on any atom is 0.281 e. The lowest BCUT2D eigenvalue weighted by Gasteiger charge is -2.10. The number of aromatic nitrogens is 2. The molecule has 4 rings (SSSR count). The number of carbonyl (C=O) groups is 2. The molecule has 0 aliphatic carbocycles. The first-order chi connectivity index (χ1) is 14.0. The van der Waals surface area contributed by atoms with Crippen LogP contribution in [0.4, 0.5) is 0 Å². The number of thiazole rings is 1. The molecule has 0 saturated heterocycles. The number of para-hydroxylation sites is 1. The van der Waals surface area contributed by atoms with Crippen molar-refractivity contribution >= 4 is 34.1 Å². The van der Waals surface area contributed by atoms with E-state index in [9.17, 15) is 9.59 Å². The van der Waals surface area contributed by atoms with Crippen LogP contribution < -0.4 is 10.9 Å². The molecule has 0 aliphatic heterocycles.